The first-order chi connectivity index (χ1) is 13.0. The Bertz CT molecular complexity index is 948. The standard InChI is InChI=1S/C22H27N3O2/c1-14-11-15(2)20-19(12-14)16(3)21(24-20)22(26)23-17-6-8-25(9-7-17)13-18-5-4-10-27-18/h4-5,10-12,17,24H,6-9,13H2,1-3H3,(H,23,26). The third kappa shape index (κ3) is 3.65. The maximum atomic E-state index is 12.9. The molecule has 2 N–H and O–H groups in total. The van der Waals surface area contributed by atoms with Crippen LogP contribution in [0.4, 0.5) is 0 Å². The third-order valence-corrected chi connectivity index (χ3v) is 5.62. The van der Waals surface area contributed by atoms with Crippen molar-refractivity contribution in [3.63, 3.8) is 0 Å². The summed E-state index contributed by atoms with van der Waals surface area (Å²) in [5.74, 6) is 1.00. The Balaban J connectivity index is 1.41. The number of carbonyl (C=O) groups is 1. The smallest absolute Gasteiger partial charge is 0.268 e. The van der Waals surface area contributed by atoms with E-state index >= 15 is 0 Å². The molecule has 4 rings (SSSR count). The number of nitrogens with zero attached hydrogens (tertiary/aromatic N) is 1. The Morgan fingerprint density at radius 3 is 2.74 bits per heavy atom. The van der Waals surface area contributed by atoms with Gasteiger partial charge in [0.15, 0.2) is 0 Å². The molecule has 1 fully saturated rings. The van der Waals surface area contributed by atoms with E-state index in [2.05, 4.69) is 41.2 Å². The van der Waals surface area contributed by atoms with Gasteiger partial charge in [0, 0.05) is 30.0 Å². The Hall–Kier alpha value is -2.53. The number of hydrogen-bond donors (Lipinski definition) is 2. The molecule has 5 heteroatoms. The van der Waals surface area contributed by atoms with Crippen molar-refractivity contribution in [2.45, 2.75) is 46.2 Å². The first-order valence-electron chi connectivity index (χ1n) is 9.66. The van der Waals surface area contributed by atoms with Crippen molar-refractivity contribution < 1.29 is 9.21 Å². The molecule has 3 aromatic rings. The molecule has 142 valence electrons. The van der Waals surface area contributed by atoms with Crippen molar-refractivity contribution in [3.05, 3.63) is 58.7 Å². The molecule has 5 nitrogen and oxygen atoms in total. The Morgan fingerprint density at radius 1 is 1.26 bits per heavy atom. The quantitative estimate of drug-likeness (QED) is 0.732. The molecule has 1 aromatic carbocycles. The summed E-state index contributed by atoms with van der Waals surface area (Å²) in [6.45, 7) is 8.98. The van der Waals surface area contributed by atoms with Gasteiger partial charge in [-0.1, -0.05) is 11.6 Å². The summed E-state index contributed by atoms with van der Waals surface area (Å²) in [5, 5.41) is 4.37. The van der Waals surface area contributed by atoms with E-state index < -0.39 is 0 Å². The van der Waals surface area contributed by atoms with E-state index in [1.165, 1.54) is 11.1 Å². The van der Waals surface area contributed by atoms with E-state index in [1.807, 2.05) is 19.1 Å². The lowest BCUT2D eigenvalue weighted by molar-refractivity contribution is 0.0901. The Morgan fingerprint density at radius 2 is 2.04 bits per heavy atom. The lowest BCUT2D eigenvalue weighted by atomic mass is 10.0. The second-order valence-corrected chi connectivity index (χ2v) is 7.73. The summed E-state index contributed by atoms with van der Waals surface area (Å²) in [7, 11) is 0. The molecule has 1 aliphatic rings. The van der Waals surface area contributed by atoms with Crippen LogP contribution in [-0.4, -0.2) is 34.9 Å². The second-order valence-electron chi connectivity index (χ2n) is 7.73. The van der Waals surface area contributed by atoms with E-state index in [-0.39, 0.29) is 11.9 Å². The van der Waals surface area contributed by atoms with Crippen molar-refractivity contribution >= 4 is 16.8 Å². The molecule has 0 bridgehead atoms. The van der Waals surface area contributed by atoms with Gasteiger partial charge in [-0.25, -0.2) is 0 Å². The number of aromatic nitrogens is 1. The zero-order chi connectivity index (χ0) is 19.0. The molecule has 3 heterocycles. The summed E-state index contributed by atoms with van der Waals surface area (Å²) in [6, 6.07) is 8.45. The van der Waals surface area contributed by atoms with Crippen molar-refractivity contribution in [1.29, 1.82) is 0 Å². The van der Waals surface area contributed by atoms with Crippen molar-refractivity contribution in [2.75, 3.05) is 13.1 Å². The van der Waals surface area contributed by atoms with Gasteiger partial charge in [-0.15, -0.1) is 0 Å². The highest BCUT2D eigenvalue weighted by molar-refractivity contribution is 6.01. The zero-order valence-electron chi connectivity index (χ0n) is 16.3. The van der Waals surface area contributed by atoms with Gasteiger partial charge in [-0.2, -0.15) is 0 Å². The minimum Gasteiger partial charge on any atom is -0.468 e. The normalized spacial score (nSPS) is 16.1. The van der Waals surface area contributed by atoms with Crippen LogP contribution in [0.15, 0.2) is 34.9 Å². The van der Waals surface area contributed by atoms with Crippen LogP contribution in [0.5, 0.6) is 0 Å². The molecule has 1 amide bonds. The summed E-state index contributed by atoms with van der Waals surface area (Å²) < 4.78 is 5.43. The molecular weight excluding hydrogens is 338 g/mol. The molecule has 2 aromatic heterocycles. The number of hydrogen-bond acceptors (Lipinski definition) is 3. The van der Waals surface area contributed by atoms with Crippen LogP contribution in [0.2, 0.25) is 0 Å². The SMILES string of the molecule is Cc1cc(C)c2[nH]c(C(=O)NC3CCN(Cc4ccco4)CC3)c(C)c2c1. The Labute approximate surface area is 159 Å². The summed E-state index contributed by atoms with van der Waals surface area (Å²) in [5.41, 5.74) is 5.19. The van der Waals surface area contributed by atoms with Gasteiger partial charge in [-0.3, -0.25) is 9.69 Å². The lowest BCUT2D eigenvalue weighted by Crippen LogP contribution is -2.44. The number of nitrogens with one attached hydrogen (secondary N) is 2. The number of likely N-dealkylation sites (tertiary alicyclic amines) is 1. The van der Waals surface area contributed by atoms with Gasteiger partial charge in [0.05, 0.1) is 12.8 Å². The number of furan rings is 1. The molecule has 0 unspecified atom stereocenters. The lowest BCUT2D eigenvalue weighted by Gasteiger charge is -2.31. The number of rotatable bonds is 4. The van der Waals surface area contributed by atoms with Crippen LogP contribution in [0.3, 0.4) is 0 Å². The maximum Gasteiger partial charge on any atom is 0.268 e. The van der Waals surface area contributed by atoms with Crippen molar-refractivity contribution in [2.24, 2.45) is 0 Å². The van der Waals surface area contributed by atoms with Crippen LogP contribution in [0.25, 0.3) is 10.9 Å². The van der Waals surface area contributed by atoms with Crippen LogP contribution in [0, 0.1) is 20.8 Å². The number of aryl methyl sites for hydroxylation is 3. The fraction of sp³-hybridized carbons (Fsp3) is 0.409. The molecule has 0 aliphatic carbocycles. The summed E-state index contributed by atoms with van der Waals surface area (Å²) >= 11 is 0. The fourth-order valence-corrected chi connectivity index (χ4v) is 4.13. The van der Waals surface area contributed by atoms with Gasteiger partial charge in [0.25, 0.3) is 5.91 Å². The second kappa shape index (κ2) is 7.24. The van der Waals surface area contributed by atoms with Crippen molar-refractivity contribution in [3.8, 4) is 0 Å². The topological polar surface area (TPSA) is 61.3 Å². The molecule has 0 atom stereocenters. The number of carbonyl (C=O) groups excluding carboxylic acids is 1. The average molecular weight is 365 g/mol. The van der Waals surface area contributed by atoms with E-state index in [0.29, 0.717) is 5.69 Å². The Kier molecular flexibility index (Phi) is 4.79. The summed E-state index contributed by atoms with van der Waals surface area (Å²) in [6.07, 6.45) is 3.64. The van der Waals surface area contributed by atoms with E-state index in [0.717, 1.165) is 54.7 Å². The monoisotopic (exact) mass is 365 g/mol. The predicted octanol–water partition coefficient (Wildman–Crippen LogP) is 4.08. The minimum atomic E-state index is 0.00485. The van der Waals surface area contributed by atoms with Crippen LogP contribution < -0.4 is 5.32 Å². The number of benzene rings is 1. The molecular formula is C22H27N3O2. The van der Waals surface area contributed by atoms with Crippen LogP contribution in [-0.2, 0) is 6.54 Å². The number of aromatic amines is 1. The molecule has 1 aliphatic heterocycles. The highest BCUT2D eigenvalue weighted by atomic mass is 16.3. The maximum absolute atomic E-state index is 12.9. The fourth-order valence-electron chi connectivity index (χ4n) is 4.13. The van der Waals surface area contributed by atoms with E-state index in [9.17, 15) is 4.79 Å². The number of H-pyrrole nitrogens is 1. The highest BCUT2D eigenvalue weighted by Crippen LogP contribution is 2.26. The van der Waals surface area contributed by atoms with Crippen LogP contribution in [0.1, 0.15) is 45.8 Å². The van der Waals surface area contributed by atoms with Gasteiger partial charge < -0.3 is 14.7 Å². The van der Waals surface area contributed by atoms with Gasteiger partial charge in [0.2, 0.25) is 0 Å². The van der Waals surface area contributed by atoms with Gasteiger partial charge >= 0.3 is 0 Å². The van der Waals surface area contributed by atoms with Crippen molar-refractivity contribution in [1.82, 2.24) is 15.2 Å². The van der Waals surface area contributed by atoms with E-state index in [4.69, 9.17) is 4.42 Å². The third-order valence-electron chi connectivity index (χ3n) is 5.62. The molecule has 0 spiro atoms. The zero-order valence-corrected chi connectivity index (χ0v) is 16.3. The summed E-state index contributed by atoms with van der Waals surface area (Å²) in [4.78, 5) is 18.6. The molecule has 27 heavy (non-hydrogen) atoms. The van der Waals surface area contributed by atoms with Gasteiger partial charge in [0.1, 0.15) is 11.5 Å². The predicted molar refractivity (Wildman–Crippen MR) is 107 cm³/mol. The van der Waals surface area contributed by atoms with Gasteiger partial charge in [-0.05, 0) is 62.9 Å². The first-order valence-corrected chi connectivity index (χ1v) is 9.66. The molecule has 0 saturated carbocycles. The number of fused-ring (bicyclic) bond motifs is 1. The van der Waals surface area contributed by atoms with E-state index in [1.54, 1.807) is 6.26 Å². The largest absolute Gasteiger partial charge is 0.468 e. The minimum absolute atomic E-state index is 0.00485. The average Bonchev–Trinajstić information content (AvgIpc) is 3.25. The first kappa shape index (κ1) is 17.9. The number of amides is 1. The van der Waals surface area contributed by atoms with Crippen LogP contribution >= 0.6 is 0 Å². The molecule has 1 saturated heterocycles. The highest BCUT2D eigenvalue weighted by Gasteiger charge is 2.23. The molecule has 0 radical (unpaired) electrons. The number of piperidine rings is 1.